The van der Waals surface area contributed by atoms with Crippen molar-refractivity contribution in [2.45, 2.75) is 33.2 Å². The summed E-state index contributed by atoms with van der Waals surface area (Å²) in [6, 6.07) is 2.66. The van der Waals surface area contributed by atoms with E-state index in [0.717, 1.165) is 19.4 Å². The van der Waals surface area contributed by atoms with Crippen LogP contribution >= 0.6 is 15.9 Å². The summed E-state index contributed by atoms with van der Waals surface area (Å²) in [6.45, 7) is 5.26. The molecule has 0 radical (unpaired) electrons. The molecule has 0 bridgehead atoms. The fourth-order valence-electron chi connectivity index (χ4n) is 1.71. The van der Waals surface area contributed by atoms with Crippen molar-refractivity contribution in [1.29, 1.82) is 0 Å². The molecule has 0 fully saturated rings. The Hall–Kier alpha value is -0.480. The maximum atomic E-state index is 13.6. The Balaban J connectivity index is 2.60. The molecule has 0 unspecified atom stereocenters. The standard InChI is InChI=1S/C13H18BrF2N/c1-3-9(4-2)7-17-8-10-12(15)6-5-11(14)13(10)16/h5-6,9,17H,3-4,7-8H2,1-2H3. The Morgan fingerprint density at radius 2 is 1.88 bits per heavy atom. The first-order valence-electron chi connectivity index (χ1n) is 5.93. The summed E-state index contributed by atoms with van der Waals surface area (Å²) in [6.07, 6.45) is 2.15. The maximum Gasteiger partial charge on any atom is 0.144 e. The smallest absolute Gasteiger partial charge is 0.144 e. The van der Waals surface area contributed by atoms with Crippen LogP contribution in [0.15, 0.2) is 16.6 Å². The van der Waals surface area contributed by atoms with Crippen molar-refractivity contribution in [3.8, 4) is 0 Å². The van der Waals surface area contributed by atoms with E-state index < -0.39 is 11.6 Å². The van der Waals surface area contributed by atoms with Gasteiger partial charge in [-0.2, -0.15) is 0 Å². The quantitative estimate of drug-likeness (QED) is 0.775. The summed E-state index contributed by atoms with van der Waals surface area (Å²) in [4.78, 5) is 0. The second kappa shape index (κ2) is 7.07. The molecule has 0 spiro atoms. The van der Waals surface area contributed by atoms with Crippen LogP contribution in [-0.2, 0) is 6.54 Å². The molecule has 1 nitrogen and oxygen atoms in total. The molecule has 0 atom stereocenters. The largest absolute Gasteiger partial charge is 0.312 e. The minimum absolute atomic E-state index is 0.102. The highest BCUT2D eigenvalue weighted by Gasteiger charge is 2.12. The van der Waals surface area contributed by atoms with E-state index in [-0.39, 0.29) is 12.1 Å². The zero-order valence-corrected chi connectivity index (χ0v) is 11.8. The van der Waals surface area contributed by atoms with E-state index in [4.69, 9.17) is 0 Å². The lowest BCUT2D eigenvalue weighted by Gasteiger charge is -2.14. The first kappa shape index (κ1) is 14.6. The second-order valence-corrected chi connectivity index (χ2v) is 4.99. The van der Waals surface area contributed by atoms with Crippen molar-refractivity contribution in [1.82, 2.24) is 5.32 Å². The van der Waals surface area contributed by atoms with Gasteiger partial charge in [-0.05, 0) is 40.5 Å². The third kappa shape index (κ3) is 4.03. The van der Waals surface area contributed by atoms with E-state index in [1.54, 1.807) is 0 Å². The van der Waals surface area contributed by atoms with Gasteiger partial charge in [0.15, 0.2) is 0 Å². The van der Waals surface area contributed by atoms with Crippen LogP contribution in [0.25, 0.3) is 0 Å². The lowest BCUT2D eigenvalue weighted by Crippen LogP contribution is -2.22. The van der Waals surface area contributed by atoms with Crippen LogP contribution in [-0.4, -0.2) is 6.54 Å². The number of benzene rings is 1. The minimum Gasteiger partial charge on any atom is -0.312 e. The van der Waals surface area contributed by atoms with E-state index in [2.05, 4.69) is 35.1 Å². The van der Waals surface area contributed by atoms with Gasteiger partial charge >= 0.3 is 0 Å². The van der Waals surface area contributed by atoms with E-state index in [1.165, 1.54) is 12.1 Å². The molecule has 96 valence electrons. The van der Waals surface area contributed by atoms with Gasteiger partial charge in [0.1, 0.15) is 11.6 Å². The molecule has 1 rings (SSSR count). The SMILES string of the molecule is CCC(CC)CNCc1c(F)ccc(Br)c1F. The third-order valence-corrected chi connectivity index (χ3v) is 3.64. The first-order valence-corrected chi connectivity index (χ1v) is 6.72. The number of nitrogens with one attached hydrogen (secondary N) is 1. The Bertz CT molecular complexity index is 365. The molecule has 0 aliphatic carbocycles. The molecule has 0 saturated heterocycles. The minimum atomic E-state index is -0.512. The molecule has 1 aromatic carbocycles. The Kier molecular flexibility index (Phi) is 6.06. The van der Waals surface area contributed by atoms with Crippen LogP contribution in [0.1, 0.15) is 32.3 Å². The van der Waals surface area contributed by atoms with Gasteiger partial charge < -0.3 is 5.32 Å². The number of hydrogen-bond acceptors (Lipinski definition) is 1. The van der Waals surface area contributed by atoms with Crippen molar-refractivity contribution in [3.63, 3.8) is 0 Å². The topological polar surface area (TPSA) is 12.0 Å². The monoisotopic (exact) mass is 305 g/mol. The molecule has 17 heavy (non-hydrogen) atoms. The first-order chi connectivity index (χ1) is 8.10. The second-order valence-electron chi connectivity index (χ2n) is 4.14. The predicted octanol–water partition coefficient (Wildman–Crippen LogP) is 4.25. The molecular weight excluding hydrogens is 288 g/mol. The fraction of sp³-hybridized carbons (Fsp3) is 0.538. The van der Waals surface area contributed by atoms with Gasteiger partial charge in [0, 0.05) is 12.1 Å². The molecule has 0 aliphatic rings. The average molecular weight is 306 g/mol. The van der Waals surface area contributed by atoms with E-state index in [1.807, 2.05) is 0 Å². The molecule has 0 aromatic heterocycles. The molecule has 0 aliphatic heterocycles. The van der Waals surface area contributed by atoms with Gasteiger partial charge in [-0.3, -0.25) is 0 Å². The predicted molar refractivity (Wildman–Crippen MR) is 69.8 cm³/mol. The van der Waals surface area contributed by atoms with Crippen LogP contribution in [0.3, 0.4) is 0 Å². The summed E-state index contributed by atoms with van der Waals surface area (Å²) in [5.74, 6) is -0.446. The van der Waals surface area contributed by atoms with Crippen molar-refractivity contribution in [2.24, 2.45) is 5.92 Å². The molecular formula is C13H18BrF2N. The summed E-state index contributed by atoms with van der Waals surface area (Å²) in [5.41, 5.74) is 0.102. The highest BCUT2D eigenvalue weighted by Crippen LogP contribution is 2.21. The van der Waals surface area contributed by atoms with Crippen LogP contribution in [0.5, 0.6) is 0 Å². The molecule has 0 heterocycles. The zero-order chi connectivity index (χ0) is 12.8. The highest BCUT2D eigenvalue weighted by atomic mass is 79.9. The van der Waals surface area contributed by atoms with Gasteiger partial charge in [0.05, 0.1) is 4.47 Å². The third-order valence-electron chi connectivity index (χ3n) is 3.03. The molecule has 4 heteroatoms. The van der Waals surface area contributed by atoms with Gasteiger partial charge in [-0.15, -0.1) is 0 Å². The van der Waals surface area contributed by atoms with Crippen LogP contribution in [0, 0.1) is 17.6 Å². The Morgan fingerprint density at radius 1 is 1.24 bits per heavy atom. The molecule has 0 saturated carbocycles. The van der Waals surface area contributed by atoms with E-state index >= 15 is 0 Å². The van der Waals surface area contributed by atoms with Crippen LogP contribution in [0.2, 0.25) is 0 Å². The average Bonchev–Trinajstić information content (AvgIpc) is 2.33. The van der Waals surface area contributed by atoms with Gasteiger partial charge in [0.25, 0.3) is 0 Å². The molecule has 0 amide bonds. The van der Waals surface area contributed by atoms with Crippen molar-refractivity contribution in [3.05, 3.63) is 33.8 Å². The highest BCUT2D eigenvalue weighted by molar-refractivity contribution is 9.10. The maximum absolute atomic E-state index is 13.6. The fourth-order valence-corrected chi connectivity index (χ4v) is 2.08. The molecule has 1 aromatic rings. The molecule has 1 N–H and O–H groups in total. The van der Waals surface area contributed by atoms with Gasteiger partial charge in [-0.25, -0.2) is 8.78 Å². The number of halogens is 3. The number of hydrogen-bond donors (Lipinski definition) is 1. The summed E-state index contributed by atoms with van der Waals surface area (Å²) in [7, 11) is 0. The van der Waals surface area contributed by atoms with Crippen molar-refractivity contribution < 1.29 is 8.78 Å². The Labute approximate surface area is 110 Å². The van der Waals surface area contributed by atoms with E-state index in [9.17, 15) is 8.78 Å². The van der Waals surface area contributed by atoms with Crippen LogP contribution in [0.4, 0.5) is 8.78 Å². The Morgan fingerprint density at radius 3 is 2.47 bits per heavy atom. The van der Waals surface area contributed by atoms with E-state index in [0.29, 0.717) is 10.4 Å². The van der Waals surface area contributed by atoms with Gasteiger partial charge in [-0.1, -0.05) is 26.7 Å². The van der Waals surface area contributed by atoms with Crippen LogP contribution < -0.4 is 5.32 Å². The normalized spacial score (nSPS) is 11.2. The summed E-state index contributed by atoms with van der Waals surface area (Å²) >= 11 is 3.06. The van der Waals surface area contributed by atoms with Crippen molar-refractivity contribution in [2.75, 3.05) is 6.54 Å². The number of rotatable bonds is 6. The summed E-state index contributed by atoms with van der Waals surface area (Å²) in [5, 5.41) is 3.11. The zero-order valence-electron chi connectivity index (χ0n) is 10.2. The van der Waals surface area contributed by atoms with Crippen molar-refractivity contribution >= 4 is 15.9 Å². The van der Waals surface area contributed by atoms with Gasteiger partial charge in [0.2, 0.25) is 0 Å². The summed E-state index contributed by atoms with van der Waals surface area (Å²) < 4.78 is 27.3. The lowest BCUT2D eigenvalue weighted by molar-refractivity contribution is 0.440. The lowest BCUT2D eigenvalue weighted by atomic mass is 10.0.